The molecule has 0 bridgehead atoms. The van der Waals surface area contributed by atoms with Gasteiger partial charge in [0.25, 0.3) is 0 Å². The van der Waals surface area contributed by atoms with Gasteiger partial charge in [0, 0.05) is 0 Å². The molecule has 11 heteroatoms. The summed E-state index contributed by atoms with van der Waals surface area (Å²) in [6.07, 6.45) is 0. The summed E-state index contributed by atoms with van der Waals surface area (Å²) in [5.41, 5.74) is 0. The molecule has 0 fully saturated rings. The van der Waals surface area contributed by atoms with Gasteiger partial charge in [-0.2, -0.15) is 3.63 Å². The van der Waals surface area contributed by atoms with Crippen LogP contribution in [0, 0.1) is 0 Å². The Morgan fingerprint density at radius 2 is 1.00 bits per heavy atom. The third-order valence-corrected chi connectivity index (χ3v) is 1.50. The zero-order valence-electron chi connectivity index (χ0n) is 5.67. The Morgan fingerprint density at radius 3 is 1.00 bits per heavy atom. The van der Waals surface area contributed by atoms with Crippen molar-refractivity contribution in [2.24, 2.45) is 0 Å². The van der Waals surface area contributed by atoms with Crippen LogP contribution in [0.5, 0.6) is 0 Å². The zero-order chi connectivity index (χ0) is 7.71. The molecule has 56 valence electrons. The van der Waals surface area contributed by atoms with E-state index in [4.69, 9.17) is 0 Å². The molecule has 11 heavy (non-hydrogen) atoms. The molecule has 0 amide bonds. The van der Waals surface area contributed by atoms with E-state index in [2.05, 4.69) is 3.63 Å². The Morgan fingerprint density at radius 1 is 0.818 bits per heavy atom. The molecule has 0 aliphatic carbocycles. The van der Waals surface area contributed by atoms with Crippen LogP contribution in [-0.2, 0) is 24.4 Å². The first kappa shape index (κ1) is 20.3. The SMILES string of the molecule is O=S(=O)([O-])OS(=O)(=O)[O-].[Cs+].[Cs+]. The molecule has 0 aromatic heterocycles. The Labute approximate surface area is 182 Å². The van der Waals surface area contributed by atoms with Crippen LogP contribution in [0.25, 0.3) is 0 Å². The number of hydrogen-bond acceptors (Lipinski definition) is 7. The Kier molecular flexibility index (Phi) is 14.9. The van der Waals surface area contributed by atoms with E-state index in [0.717, 1.165) is 0 Å². The molecule has 0 atom stereocenters. The van der Waals surface area contributed by atoms with E-state index < -0.39 is 20.8 Å². The van der Waals surface area contributed by atoms with E-state index >= 15 is 0 Å². The maximum absolute atomic E-state index is 9.29. The summed E-state index contributed by atoms with van der Waals surface area (Å²) >= 11 is 0. The van der Waals surface area contributed by atoms with Crippen LogP contribution in [0.3, 0.4) is 0 Å². The van der Waals surface area contributed by atoms with Gasteiger partial charge in [0.2, 0.25) is 20.8 Å². The van der Waals surface area contributed by atoms with Gasteiger partial charge in [-0.25, -0.2) is 16.8 Å². The summed E-state index contributed by atoms with van der Waals surface area (Å²) in [6, 6.07) is 0. The minimum atomic E-state index is -5.43. The van der Waals surface area contributed by atoms with Gasteiger partial charge < -0.3 is 9.11 Å². The maximum atomic E-state index is 9.29. The molecular formula is Cs2O7S2. The van der Waals surface area contributed by atoms with Crippen molar-refractivity contribution >= 4 is 20.8 Å². The minimum Gasteiger partial charge on any atom is -0.725 e. The summed E-state index contributed by atoms with van der Waals surface area (Å²) in [6.45, 7) is 0. The predicted molar refractivity (Wildman–Crippen MR) is 20.5 cm³/mol. The van der Waals surface area contributed by atoms with E-state index in [1.54, 1.807) is 0 Å². The van der Waals surface area contributed by atoms with Gasteiger partial charge in [0.1, 0.15) is 0 Å². The van der Waals surface area contributed by atoms with E-state index in [0.29, 0.717) is 0 Å². The van der Waals surface area contributed by atoms with Crippen LogP contribution in [0.1, 0.15) is 0 Å². The Balaban J connectivity index is -0.000000320. The first-order chi connectivity index (χ1) is 3.71. The van der Waals surface area contributed by atoms with Crippen LogP contribution in [0.15, 0.2) is 0 Å². The number of hydrogen-bond donors (Lipinski definition) is 0. The quantitative estimate of drug-likeness (QED) is 0.308. The Hall–Kier alpha value is 3.88. The van der Waals surface area contributed by atoms with Crippen molar-refractivity contribution in [3.63, 3.8) is 0 Å². The second-order valence-corrected chi connectivity index (χ2v) is 3.06. The normalized spacial score (nSPS) is 11.1. The molecule has 0 aliphatic heterocycles. The van der Waals surface area contributed by atoms with Crippen LogP contribution in [0.4, 0.5) is 0 Å². The average Bonchev–Trinajstić information content (AvgIpc) is 1.14. The van der Waals surface area contributed by atoms with Crippen molar-refractivity contribution in [3.8, 4) is 0 Å². The molecule has 0 aliphatic rings. The smallest absolute Gasteiger partial charge is 0.725 e. The molecule has 0 saturated carbocycles. The van der Waals surface area contributed by atoms with Gasteiger partial charge in [-0.15, -0.1) is 0 Å². The van der Waals surface area contributed by atoms with Gasteiger partial charge in [0.05, 0.1) is 0 Å². The summed E-state index contributed by atoms with van der Waals surface area (Å²) in [5.74, 6) is 0. The first-order valence-corrected chi connectivity index (χ1v) is 4.00. The maximum Gasteiger partial charge on any atom is 1.00 e. The van der Waals surface area contributed by atoms with Crippen LogP contribution in [-0.4, -0.2) is 25.9 Å². The fraction of sp³-hybridized carbons (Fsp3) is 0. The third kappa shape index (κ3) is 20.1. The molecule has 0 spiro atoms. The zero-order valence-corrected chi connectivity index (χ0v) is 19.9. The fourth-order valence-corrected chi connectivity index (χ4v) is 0.919. The summed E-state index contributed by atoms with van der Waals surface area (Å²) in [5, 5.41) is 0. The van der Waals surface area contributed by atoms with Crippen molar-refractivity contribution in [3.05, 3.63) is 0 Å². The van der Waals surface area contributed by atoms with E-state index in [1.807, 2.05) is 0 Å². The van der Waals surface area contributed by atoms with Gasteiger partial charge in [0.15, 0.2) is 0 Å². The molecule has 0 saturated heterocycles. The minimum absolute atomic E-state index is 0. The topological polar surface area (TPSA) is 124 Å². The molecule has 0 aromatic rings. The molecule has 0 heterocycles. The summed E-state index contributed by atoms with van der Waals surface area (Å²) < 4.78 is 58.2. The largest absolute Gasteiger partial charge is 1.00 e. The molecule has 0 rings (SSSR count). The van der Waals surface area contributed by atoms with Gasteiger partial charge in [-0.05, 0) is 0 Å². The third-order valence-electron chi connectivity index (χ3n) is 0.167. The van der Waals surface area contributed by atoms with E-state index in [9.17, 15) is 25.9 Å². The molecule has 7 nitrogen and oxygen atoms in total. The van der Waals surface area contributed by atoms with Crippen molar-refractivity contribution in [2.45, 2.75) is 0 Å². The fourth-order valence-electron chi connectivity index (χ4n) is 0.102. The summed E-state index contributed by atoms with van der Waals surface area (Å²) in [7, 11) is -10.9. The van der Waals surface area contributed by atoms with Crippen molar-refractivity contribution in [1.29, 1.82) is 0 Å². The second kappa shape index (κ2) is 8.08. The van der Waals surface area contributed by atoms with Crippen molar-refractivity contribution in [1.82, 2.24) is 0 Å². The van der Waals surface area contributed by atoms with Crippen LogP contribution in [0.2, 0.25) is 0 Å². The van der Waals surface area contributed by atoms with E-state index in [1.165, 1.54) is 0 Å². The number of rotatable bonds is 2. The van der Waals surface area contributed by atoms with Crippen LogP contribution < -0.4 is 138 Å². The predicted octanol–water partition coefficient (Wildman–Crippen LogP) is -8.07. The standard InChI is InChI=1S/2Cs.H2O7S2/c;;1-8(2,3)7-9(4,5)6/h;;(H,1,2,3)(H,4,5,6)/q2*+1;/p-2. The molecular weight excluding hydrogens is 442 g/mol. The Bertz CT molecular complexity index is 240. The summed E-state index contributed by atoms with van der Waals surface area (Å²) in [4.78, 5) is 0. The monoisotopic (exact) mass is 442 g/mol. The average molecular weight is 442 g/mol. The molecule has 0 N–H and O–H groups in total. The molecule has 0 radical (unpaired) electrons. The van der Waals surface area contributed by atoms with Crippen molar-refractivity contribution < 1.29 is 167 Å². The molecule has 0 aromatic carbocycles. The van der Waals surface area contributed by atoms with Crippen molar-refractivity contribution in [2.75, 3.05) is 0 Å². The van der Waals surface area contributed by atoms with E-state index in [-0.39, 0.29) is 138 Å². The van der Waals surface area contributed by atoms with Gasteiger partial charge in [-0.3, -0.25) is 0 Å². The van der Waals surface area contributed by atoms with Gasteiger partial charge >= 0.3 is 138 Å². The second-order valence-electron chi connectivity index (χ2n) is 0.885. The first-order valence-electron chi connectivity index (χ1n) is 1.33. The van der Waals surface area contributed by atoms with Gasteiger partial charge in [-0.1, -0.05) is 0 Å². The molecule has 0 unspecified atom stereocenters. The van der Waals surface area contributed by atoms with Crippen LogP contribution >= 0.6 is 0 Å².